The molecule has 4 saturated carbocycles. The minimum atomic E-state index is 0.375. The standard InChI is InChI=1S/C18H22BrNO/c19-14-1-2-16-15(6-14)20-10-17(21-16)18-7-11-3-12(8-18)5-13(4-11)9-18/h1-2,6,11-13,17,20H,3-5,7-10H2. The van der Waals surface area contributed by atoms with Crippen LogP contribution < -0.4 is 10.1 Å². The Hall–Kier alpha value is -0.700. The van der Waals surface area contributed by atoms with E-state index in [0.717, 1.165) is 40.2 Å². The van der Waals surface area contributed by atoms with Crippen LogP contribution in [0.5, 0.6) is 5.75 Å². The molecule has 21 heavy (non-hydrogen) atoms. The highest BCUT2D eigenvalue weighted by molar-refractivity contribution is 9.10. The smallest absolute Gasteiger partial charge is 0.143 e. The maximum Gasteiger partial charge on any atom is 0.143 e. The van der Waals surface area contributed by atoms with Crippen molar-refractivity contribution in [3.63, 3.8) is 0 Å². The van der Waals surface area contributed by atoms with Gasteiger partial charge in [0.15, 0.2) is 0 Å². The Morgan fingerprint density at radius 2 is 1.71 bits per heavy atom. The highest BCUT2D eigenvalue weighted by Crippen LogP contribution is 2.62. The molecule has 0 spiro atoms. The molecule has 4 fully saturated rings. The van der Waals surface area contributed by atoms with Gasteiger partial charge in [0, 0.05) is 9.89 Å². The van der Waals surface area contributed by atoms with Gasteiger partial charge in [0.2, 0.25) is 0 Å². The van der Waals surface area contributed by atoms with Crippen molar-refractivity contribution in [3.8, 4) is 5.75 Å². The molecule has 1 aromatic carbocycles. The van der Waals surface area contributed by atoms with Gasteiger partial charge >= 0.3 is 0 Å². The molecule has 0 amide bonds. The van der Waals surface area contributed by atoms with E-state index in [0.29, 0.717) is 11.5 Å². The maximum absolute atomic E-state index is 6.49. The molecule has 1 unspecified atom stereocenters. The van der Waals surface area contributed by atoms with Crippen LogP contribution >= 0.6 is 15.9 Å². The van der Waals surface area contributed by atoms with E-state index in [4.69, 9.17) is 4.74 Å². The van der Waals surface area contributed by atoms with E-state index in [1.165, 1.54) is 38.5 Å². The van der Waals surface area contributed by atoms with Crippen molar-refractivity contribution in [2.45, 2.75) is 44.6 Å². The largest absolute Gasteiger partial charge is 0.486 e. The Morgan fingerprint density at radius 1 is 1.05 bits per heavy atom. The lowest BCUT2D eigenvalue weighted by Crippen LogP contribution is -2.56. The highest BCUT2D eigenvalue weighted by Gasteiger charge is 2.55. The number of hydrogen-bond donors (Lipinski definition) is 1. The fourth-order valence-electron chi connectivity index (χ4n) is 6.05. The van der Waals surface area contributed by atoms with Gasteiger partial charge in [-0.1, -0.05) is 15.9 Å². The van der Waals surface area contributed by atoms with E-state index in [2.05, 4.69) is 39.4 Å². The lowest BCUT2D eigenvalue weighted by molar-refractivity contribution is -0.108. The summed E-state index contributed by atoms with van der Waals surface area (Å²) in [5, 5.41) is 3.62. The molecule has 6 rings (SSSR count). The Kier molecular flexibility index (Phi) is 2.69. The monoisotopic (exact) mass is 347 g/mol. The summed E-state index contributed by atoms with van der Waals surface area (Å²) in [7, 11) is 0. The number of benzene rings is 1. The van der Waals surface area contributed by atoms with Crippen LogP contribution in [0.1, 0.15) is 38.5 Å². The van der Waals surface area contributed by atoms with Crippen molar-refractivity contribution >= 4 is 21.6 Å². The van der Waals surface area contributed by atoms with E-state index in [-0.39, 0.29) is 0 Å². The lowest BCUT2D eigenvalue weighted by atomic mass is 9.48. The van der Waals surface area contributed by atoms with Crippen LogP contribution in [0.25, 0.3) is 0 Å². The fourth-order valence-corrected chi connectivity index (χ4v) is 6.42. The maximum atomic E-state index is 6.49. The first-order valence-corrected chi connectivity index (χ1v) is 9.20. The molecular formula is C18H22BrNO. The molecule has 2 nitrogen and oxygen atoms in total. The molecule has 1 aromatic rings. The third kappa shape index (κ3) is 1.96. The molecule has 5 aliphatic rings. The average Bonchev–Trinajstić information content (AvgIpc) is 2.45. The number of anilines is 1. The van der Waals surface area contributed by atoms with Crippen LogP contribution in [0.2, 0.25) is 0 Å². The highest BCUT2D eigenvalue weighted by atomic mass is 79.9. The molecule has 1 atom stereocenters. The number of nitrogens with one attached hydrogen (secondary N) is 1. The second kappa shape index (κ2) is 4.41. The van der Waals surface area contributed by atoms with Crippen LogP contribution in [0, 0.1) is 23.2 Å². The Balaban J connectivity index is 1.45. The van der Waals surface area contributed by atoms with Crippen LogP contribution in [0.15, 0.2) is 22.7 Å². The van der Waals surface area contributed by atoms with Crippen molar-refractivity contribution in [2.75, 3.05) is 11.9 Å². The molecule has 112 valence electrons. The van der Waals surface area contributed by atoms with Crippen LogP contribution in [0.3, 0.4) is 0 Å². The SMILES string of the molecule is Brc1ccc2c(c1)NCC(C13CC4CC(CC(C4)C1)C3)O2. The Morgan fingerprint density at radius 3 is 2.38 bits per heavy atom. The summed E-state index contributed by atoms with van der Waals surface area (Å²) >= 11 is 3.54. The normalized spacial score (nSPS) is 43.1. The van der Waals surface area contributed by atoms with Gasteiger partial charge in [0.05, 0.1) is 12.2 Å². The van der Waals surface area contributed by atoms with Gasteiger partial charge in [-0.2, -0.15) is 0 Å². The number of hydrogen-bond acceptors (Lipinski definition) is 2. The van der Waals surface area contributed by atoms with Crippen molar-refractivity contribution in [1.29, 1.82) is 0 Å². The zero-order valence-electron chi connectivity index (χ0n) is 12.3. The fraction of sp³-hybridized carbons (Fsp3) is 0.667. The predicted octanol–water partition coefficient (Wildman–Crippen LogP) is 4.84. The van der Waals surface area contributed by atoms with Crippen LogP contribution in [-0.2, 0) is 0 Å². The zero-order valence-corrected chi connectivity index (χ0v) is 13.9. The van der Waals surface area contributed by atoms with Gasteiger partial charge in [0.25, 0.3) is 0 Å². The van der Waals surface area contributed by atoms with Crippen molar-refractivity contribution < 1.29 is 4.74 Å². The summed E-state index contributed by atoms with van der Waals surface area (Å²) in [5.41, 5.74) is 1.61. The van der Waals surface area contributed by atoms with Gasteiger partial charge in [-0.15, -0.1) is 0 Å². The van der Waals surface area contributed by atoms with Gasteiger partial charge in [-0.25, -0.2) is 0 Å². The summed E-state index contributed by atoms with van der Waals surface area (Å²) in [5.74, 6) is 4.02. The van der Waals surface area contributed by atoms with E-state index in [1.807, 2.05) is 0 Å². The molecular weight excluding hydrogens is 326 g/mol. The summed E-state index contributed by atoms with van der Waals surface area (Å²) < 4.78 is 7.60. The first kappa shape index (κ1) is 12.8. The molecule has 1 aliphatic heterocycles. The summed E-state index contributed by atoms with van der Waals surface area (Å²) in [6.45, 7) is 0.982. The van der Waals surface area contributed by atoms with E-state index in [1.54, 1.807) is 0 Å². The first-order valence-electron chi connectivity index (χ1n) is 8.40. The van der Waals surface area contributed by atoms with Gasteiger partial charge in [-0.05, 0) is 74.5 Å². The predicted molar refractivity (Wildman–Crippen MR) is 87.7 cm³/mol. The molecule has 0 saturated heterocycles. The van der Waals surface area contributed by atoms with E-state index >= 15 is 0 Å². The topological polar surface area (TPSA) is 21.3 Å². The average molecular weight is 348 g/mol. The number of ether oxygens (including phenoxy) is 1. The number of halogens is 1. The first-order chi connectivity index (χ1) is 10.2. The van der Waals surface area contributed by atoms with Gasteiger partial charge < -0.3 is 10.1 Å². The Bertz CT molecular complexity index is 549. The molecule has 3 heteroatoms. The summed E-state index contributed by atoms with van der Waals surface area (Å²) in [6, 6.07) is 6.33. The van der Waals surface area contributed by atoms with Gasteiger partial charge in [0.1, 0.15) is 11.9 Å². The molecule has 4 bridgehead atoms. The minimum absolute atomic E-state index is 0.375. The second-order valence-electron chi connectivity index (χ2n) is 7.91. The van der Waals surface area contributed by atoms with Crippen molar-refractivity contribution in [1.82, 2.24) is 0 Å². The molecule has 0 aromatic heterocycles. The third-order valence-electron chi connectivity index (χ3n) is 6.46. The van der Waals surface area contributed by atoms with Crippen LogP contribution in [0.4, 0.5) is 5.69 Å². The molecule has 1 N–H and O–H groups in total. The molecule has 1 heterocycles. The zero-order chi connectivity index (χ0) is 14.0. The van der Waals surface area contributed by atoms with E-state index in [9.17, 15) is 0 Å². The lowest BCUT2D eigenvalue weighted by Gasteiger charge is -2.59. The summed E-state index contributed by atoms with van der Waals surface area (Å²) in [6.07, 6.45) is 9.13. The Labute approximate surface area is 134 Å². The van der Waals surface area contributed by atoms with Crippen molar-refractivity contribution in [2.24, 2.45) is 23.2 Å². The second-order valence-corrected chi connectivity index (χ2v) is 8.82. The summed E-state index contributed by atoms with van der Waals surface area (Å²) in [4.78, 5) is 0. The minimum Gasteiger partial charge on any atom is -0.486 e. The van der Waals surface area contributed by atoms with Gasteiger partial charge in [-0.3, -0.25) is 0 Å². The number of fused-ring (bicyclic) bond motifs is 1. The third-order valence-corrected chi connectivity index (χ3v) is 6.95. The number of rotatable bonds is 1. The quantitative estimate of drug-likeness (QED) is 0.784. The van der Waals surface area contributed by atoms with E-state index < -0.39 is 0 Å². The molecule has 0 radical (unpaired) electrons. The van der Waals surface area contributed by atoms with Crippen molar-refractivity contribution in [3.05, 3.63) is 22.7 Å². The molecule has 4 aliphatic carbocycles. The van der Waals surface area contributed by atoms with Crippen LogP contribution in [-0.4, -0.2) is 12.6 Å².